The number of aliphatic hydroxyl groups is 1. The molecule has 0 amide bonds. The molecule has 15 heavy (non-hydrogen) atoms. The van der Waals surface area contributed by atoms with E-state index in [1.165, 1.54) is 19.3 Å². The Labute approximate surface area is 92.3 Å². The molecule has 1 unspecified atom stereocenters. The van der Waals surface area contributed by atoms with Gasteiger partial charge in [-0.1, -0.05) is 38.0 Å². The van der Waals surface area contributed by atoms with Gasteiger partial charge >= 0.3 is 0 Å². The number of hydrogen-bond donors (Lipinski definition) is 2. The number of aliphatic hydroxyl groups excluding tert-OH is 1. The van der Waals surface area contributed by atoms with E-state index in [9.17, 15) is 0 Å². The van der Waals surface area contributed by atoms with E-state index < -0.39 is 0 Å². The molecule has 0 fully saturated rings. The average molecular weight is 207 g/mol. The number of benzene rings is 1. The fourth-order valence-corrected chi connectivity index (χ4v) is 1.65. The Balaban J connectivity index is 2.55. The van der Waals surface area contributed by atoms with E-state index in [1.54, 1.807) is 0 Å². The Morgan fingerprint density at radius 3 is 2.73 bits per heavy atom. The van der Waals surface area contributed by atoms with Gasteiger partial charge in [-0.15, -0.1) is 0 Å². The predicted octanol–water partition coefficient (Wildman–Crippen LogP) is 3.17. The normalized spacial score (nSPS) is 12.5. The van der Waals surface area contributed by atoms with Crippen LogP contribution in [0.25, 0.3) is 0 Å². The number of hydrogen-bond acceptors (Lipinski definition) is 2. The summed E-state index contributed by atoms with van der Waals surface area (Å²) in [5.74, 6) is 0. The van der Waals surface area contributed by atoms with Gasteiger partial charge in [0.15, 0.2) is 0 Å². The lowest BCUT2D eigenvalue weighted by Gasteiger charge is -2.17. The van der Waals surface area contributed by atoms with Gasteiger partial charge in [0.05, 0.1) is 6.61 Å². The fraction of sp³-hybridized carbons (Fsp3) is 0.538. The van der Waals surface area contributed by atoms with Crippen LogP contribution in [0.4, 0.5) is 5.69 Å². The van der Waals surface area contributed by atoms with Crippen molar-refractivity contribution >= 4 is 5.69 Å². The molecule has 0 heterocycles. The van der Waals surface area contributed by atoms with Crippen molar-refractivity contribution in [1.82, 2.24) is 0 Å². The summed E-state index contributed by atoms with van der Waals surface area (Å²) in [6.45, 7) is 4.49. The minimum atomic E-state index is 0.101. The minimum Gasteiger partial charge on any atom is -0.392 e. The molecule has 0 bridgehead atoms. The van der Waals surface area contributed by atoms with Crippen LogP contribution in [0.3, 0.4) is 0 Å². The summed E-state index contributed by atoms with van der Waals surface area (Å²) in [5, 5.41) is 12.6. The van der Waals surface area contributed by atoms with E-state index in [1.807, 2.05) is 24.3 Å². The molecule has 0 spiro atoms. The van der Waals surface area contributed by atoms with Crippen molar-refractivity contribution in [2.45, 2.75) is 45.8 Å². The third-order valence-electron chi connectivity index (χ3n) is 2.58. The topological polar surface area (TPSA) is 32.3 Å². The summed E-state index contributed by atoms with van der Waals surface area (Å²) in [7, 11) is 0. The monoisotopic (exact) mass is 207 g/mol. The molecule has 1 aromatic carbocycles. The molecule has 1 rings (SSSR count). The standard InChI is InChI=1S/C13H21NO/c1-3-4-7-11(2)14-13-9-6-5-8-12(13)10-15/h5-6,8-9,11,14-15H,3-4,7,10H2,1-2H3. The van der Waals surface area contributed by atoms with Crippen molar-refractivity contribution in [3.63, 3.8) is 0 Å². The zero-order chi connectivity index (χ0) is 11.1. The SMILES string of the molecule is CCCCC(C)Nc1ccccc1CO. The smallest absolute Gasteiger partial charge is 0.0701 e. The van der Waals surface area contributed by atoms with E-state index in [0.29, 0.717) is 6.04 Å². The molecule has 1 atom stereocenters. The van der Waals surface area contributed by atoms with Gasteiger partial charge in [0, 0.05) is 17.3 Å². The Hall–Kier alpha value is -1.02. The number of rotatable bonds is 6. The highest BCUT2D eigenvalue weighted by molar-refractivity contribution is 5.51. The van der Waals surface area contributed by atoms with Crippen molar-refractivity contribution < 1.29 is 5.11 Å². The van der Waals surface area contributed by atoms with Crippen molar-refractivity contribution in [1.29, 1.82) is 0 Å². The van der Waals surface area contributed by atoms with Gasteiger partial charge in [-0.25, -0.2) is 0 Å². The summed E-state index contributed by atoms with van der Waals surface area (Å²) < 4.78 is 0. The van der Waals surface area contributed by atoms with E-state index >= 15 is 0 Å². The van der Waals surface area contributed by atoms with E-state index in [-0.39, 0.29) is 6.61 Å². The van der Waals surface area contributed by atoms with Crippen molar-refractivity contribution in [2.24, 2.45) is 0 Å². The van der Waals surface area contributed by atoms with E-state index in [0.717, 1.165) is 11.3 Å². The summed E-state index contributed by atoms with van der Waals surface area (Å²) in [6, 6.07) is 8.39. The first-order valence-electron chi connectivity index (χ1n) is 5.73. The summed E-state index contributed by atoms with van der Waals surface area (Å²) in [5.41, 5.74) is 2.03. The quantitative estimate of drug-likeness (QED) is 0.751. The number of nitrogens with one attached hydrogen (secondary N) is 1. The van der Waals surface area contributed by atoms with Crippen LogP contribution in [0.1, 0.15) is 38.7 Å². The molecule has 0 aliphatic rings. The Morgan fingerprint density at radius 1 is 1.33 bits per heavy atom. The fourth-order valence-electron chi connectivity index (χ4n) is 1.65. The zero-order valence-corrected chi connectivity index (χ0v) is 9.66. The van der Waals surface area contributed by atoms with Crippen LogP contribution in [0.2, 0.25) is 0 Å². The molecule has 0 aliphatic heterocycles. The molecule has 2 heteroatoms. The molecule has 84 valence electrons. The van der Waals surface area contributed by atoms with Gasteiger partial charge in [0.25, 0.3) is 0 Å². The van der Waals surface area contributed by atoms with Crippen LogP contribution in [-0.4, -0.2) is 11.1 Å². The minimum absolute atomic E-state index is 0.101. The number of anilines is 1. The van der Waals surface area contributed by atoms with Crippen LogP contribution in [0, 0.1) is 0 Å². The molecular formula is C13H21NO. The van der Waals surface area contributed by atoms with Gasteiger partial charge in [-0.05, 0) is 19.4 Å². The first kappa shape index (κ1) is 12.1. The highest BCUT2D eigenvalue weighted by Crippen LogP contribution is 2.17. The largest absolute Gasteiger partial charge is 0.392 e. The lowest BCUT2D eigenvalue weighted by molar-refractivity contribution is 0.282. The van der Waals surface area contributed by atoms with Crippen LogP contribution in [0.5, 0.6) is 0 Å². The zero-order valence-electron chi connectivity index (χ0n) is 9.66. The second-order valence-electron chi connectivity index (χ2n) is 4.00. The molecule has 0 aromatic heterocycles. The van der Waals surface area contributed by atoms with Crippen LogP contribution >= 0.6 is 0 Å². The maximum absolute atomic E-state index is 9.17. The van der Waals surface area contributed by atoms with Gasteiger partial charge in [-0.3, -0.25) is 0 Å². The number of unbranched alkanes of at least 4 members (excludes halogenated alkanes) is 1. The summed E-state index contributed by atoms with van der Waals surface area (Å²) >= 11 is 0. The van der Waals surface area contributed by atoms with Gasteiger partial charge in [0.2, 0.25) is 0 Å². The van der Waals surface area contributed by atoms with Crippen molar-refractivity contribution in [2.75, 3.05) is 5.32 Å². The second-order valence-corrected chi connectivity index (χ2v) is 4.00. The maximum atomic E-state index is 9.17. The Morgan fingerprint density at radius 2 is 2.07 bits per heavy atom. The molecule has 0 aliphatic carbocycles. The van der Waals surface area contributed by atoms with Crippen molar-refractivity contribution in [3.05, 3.63) is 29.8 Å². The lowest BCUT2D eigenvalue weighted by atomic mass is 10.1. The van der Waals surface area contributed by atoms with E-state index in [4.69, 9.17) is 5.11 Å². The highest BCUT2D eigenvalue weighted by atomic mass is 16.3. The molecule has 0 saturated heterocycles. The van der Waals surface area contributed by atoms with Gasteiger partial charge in [0.1, 0.15) is 0 Å². The second kappa shape index (κ2) is 6.46. The van der Waals surface area contributed by atoms with E-state index in [2.05, 4.69) is 19.2 Å². The van der Waals surface area contributed by atoms with Gasteiger partial charge < -0.3 is 10.4 Å². The Kier molecular flexibility index (Phi) is 5.19. The number of para-hydroxylation sites is 1. The average Bonchev–Trinajstić information content (AvgIpc) is 2.27. The Bertz CT molecular complexity index is 286. The third-order valence-corrected chi connectivity index (χ3v) is 2.58. The van der Waals surface area contributed by atoms with Crippen LogP contribution in [0.15, 0.2) is 24.3 Å². The lowest BCUT2D eigenvalue weighted by Crippen LogP contribution is -2.15. The van der Waals surface area contributed by atoms with Crippen molar-refractivity contribution in [3.8, 4) is 0 Å². The maximum Gasteiger partial charge on any atom is 0.0701 e. The molecular weight excluding hydrogens is 186 g/mol. The van der Waals surface area contributed by atoms with Gasteiger partial charge in [-0.2, -0.15) is 0 Å². The predicted molar refractivity (Wildman–Crippen MR) is 65.0 cm³/mol. The first-order valence-corrected chi connectivity index (χ1v) is 5.73. The first-order chi connectivity index (χ1) is 7.27. The molecule has 2 N–H and O–H groups in total. The third kappa shape index (κ3) is 3.92. The molecule has 0 saturated carbocycles. The molecule has 1 aromatic rings. The van der Waals surface area contributed by atoms with Crippen LogP contribution < -0.4 is 5.32 Å². The molecule has 0 radical (unpaired) electrons. The highest BCUT2D eigenvalue weighted by Gasteiger charge is 2.04. The summed E-state index contributed by atoms with van der Waals surface area (Å²) in [6.07, 6.45) is 3.65. The molecule has 2 nitrogen and oxygen atoms in total. The summed E-state index contributed by atoms with van der Waals surface area (Å²) in [4.78, 5) is 0. The van der Waals surface area contributed by atoms with Crippen LogP contribution in [-0.2, 0) is 6.61 Å².